The molecule has 3 rings (SSSR count). The van der Waals surface area contributed by atoms with E-state index in [2.05, 4.69) is 9.97 Å². The van der Waals surface area contributed by atoms with Gasteiger partial charge in [-0.15, -0.1) is 0 Å². The molecule has 0 spiro atoms. The first-order valence-corrected chi connectivity index (χ1v) is 6.20. The van der Waals surface area contributed by atoms with Crippen LogP contribution in [0.15, 0.2) is 24.3 Å². The van der Waals surface area contributed by atoms with Gasteiger partial charge in [0, 0.05) is 11.9 Å². The van der Waals surface area contributed by atoms with Crippen molar-refractivity contribution in [2.24, 2.45) is 5.73 Å². The van der Waals surface area contributed by atoms with Crippen LogP contribution in [0.5, 0.6) is 0 Å². The summed E-state index contributed by atoms with van der Waals surface area (Å²) in [5.74, 6) is 0.950. The number of hydrogen-bond acceptors (Lipinski definition) is 5. The molecule has 4 N–H and O–H groups in total. The summed E-state index contributed by atoms with van der Waals surface area (Å²) in [5, 5.41) is 0.829. The summed E-state index contributed by atoms with van der Waals surface area (Å²) in [6, 6.07) is 7.16. The fraction of sp³-hybridized carbons (Fsp3) is 0.308. The van der Waals surface area contributed by atoms with Gasteiger partial charge < -0.3 is 16.4 Å². The Kier molecular flexibility index (Phi) is 2.79. The highest BCUT2D eigenvalue weighted by molar-refractivity contribution is 5.88. The number of carbonyl (C=O) groups excluding carboxylic acids is 1. The molecule has 1 aromatic carbocycles. The van der Waals surface area contributed by atoms with Gasteiger partial charge >= 0.3 is 0 Å². The SMILES string of the molecule is Nc1nc(CN2CC[C@H](N)C2=O)nc2ccccc12. The van der Waals surface area contributed by atoms with E-state index in [-0.39, 0.29) is 5.91 Å². The lowest BCUT2D eigenvalue weighted by Crippen LogP contribution is -2.34. The molecule has 1 saturated heterocycles. The number of benzene rings is 1. The standard InChI is InChI=1S/C13H15N5O/c14-9-5-6-18(13(9)19)7-11-16-10-4-2-1-3-8(10)12(15)17-11/h1-4,9H,5-7,14H2,(H2,15,16,17)/t9-/m0/s1. The maximum atomic E-state index is 11.8. The van der Waals surface area contributed by atoms with Crippen molar-refractivity contribution in [3.63, 3.8) is 0 Å². The normalized spacial score (nSPS) is 19.3. The molecule has 6 nitrogen and oxygen atoms in total. The number of nitrogens with two attached hydrogens (primary N) is 2. The topological polar surface area (TPSA) is 98.1 Å². The smallest absolute Gasteiger partial charge is 0.239 e. The molecular weight excluding hydrogens is 242 g/mol. The van der Waals surface area contributed by atoms with E-state index in [0.717, 1.165) is 10.9 Å². The summed E-state index contributed by atoms with van der Waals surface area (Å²) >= 11 is 0. The van der Waals surface area contributed by atoms with Crippen molar-refractivity contribution in [1.29, 1.82) is 0 Å². The van der Waals surface area contributed by atoms with Gasteiger partial charge in [0.25, 0.3) is 0 Å². The van der Waals surface area contributed by atoms with Crippen LogP contribution in [0.25, 0.3) is 10.9 Å². The Bertz CT molecular complexity index is 642. The molecule has 0 aliphatic carbocycles. The third-order valence-corrected chi connectivity index (χ3v) is 3.35. The number of anilines is 1. The minimum absolute atomic E-state index is 0.0460. The summed E-state index contributed by atoms with van der Waals surface area (Å²) in [6.07, 6.45) is 0.682. The Balaban J connectivity index is 1.91. The molecule has 98 valence electrons. The van der Waals surface area contributed by atoms with Gasteiger partial charge in [-0.1, -0.05) is 12.1 Å². The number of aromatic nitrogens is 2. The minimum atomic E-state index is -0.391. The molecule has 1 aromatic heterocycles. The van der Waals surface area contributed by atoms with Gasteiger partial charge in [-0.3, -0.25) is 4.79 Å². The third kappa shape index (κ3) is 2.10. The lowest BCUT2D eigenvalue weighted by Gasteiger charge is -2.15. The predicted octanol–water partition coefficient (Wildman–Crippen LogP) is 0.272. The first-order chi connectivity index (χ1) is 9.15. The largest absolute Gasteiger partial charge is 0.383 e. The van der Waals surface area contributed by atoms with E-state index in [1.807, 2.05) is 24.3 Å². The zero-order chi connectivity index (χ0) is 13.4. The predicted molar refractivity (Wildman–Crippen MR) is 72.0 cm³/mol. The molecule has 1 atom stereocenters. The Morgan fingerprint density at radius 1 is 1.32 bits per heavy atom. The van der Waals surface area contributed by atoms with Crippen LogP contribution in [0.4, 0.5) is 5.82 Å². The first-order valence-electron chi connectivity index (χ1n) is 6.20. The van der Waals surface area contributed by atoms with Crippen LogP contribution in [0.1, 0.15) is 12.2 Å². The second-order valence-electron chi connectivity index (χ2n) is 4.70. The highest BCUT2D eigenvalue weighted by atomic mass is 16.2. The van der Waals surface area contributed by atoms with Gasteiger partial charge in [0.15, 0.2) is 5.82 Å². The minimum Gasteiger partial charge on any atom is -0.383 e. The van der Waals surface area contributed by atoms with E-state index in [4.69, 9.17) is 11.5 Å². The molecule has 1 fully saturated rings. The van der Waals surface area contributed by atoms with Gasteiger partial charge in [-0.05, 0) is 18.6 Å². The lowest BCUT2D eigenvalue weighted by molar-refractivity contribution is -0.129. The van der Waals surface area contributed by atoms with Crippen LogP contribution < -0.4 is 11.5 Å². The van der Waals surface area contributed by atoms with E-state index in [0.29, 0.717) is 31.2 Å². The fourth-order valence-electron chi connectivity index (χ4n) is 2.31. The molecule has 0 radical (unpaired) electrons. The van der Waals surface area contributed by atoms with Crippen LogP contribution in [0.2, 0.25) is 0 Å². The van der Waals surface area contributed by atoms with E-state index < -0.39 is 6.04 Å². The van der Waals surface area contributed by atoms with Crippen molar-refractivity contribution in [3.8, 4) is 0 Å². The zero-order valence-electron chi connectivity index (χ0n) is 10.4. The molecule has 6 heteroatoms. The monoisotopic (exact) mass is 257 g/mol. The van der Waals surface area contributed by atoms with Gasteiger partial charge in [0.1, 0.15) is 5.82 Å². The van der Waals surface area contributed by atoms with Crippen molar-refractivity contribution < 1.29 is 4.79 Å². The van der Waals surface area contributed by atoms with Gasteiger partial charge in [-0.2, -0.15) is 0 Å². The summed E-state index contributed by atoms with van der Waals surface area (Å²) in [6.45, 7) is 1.01. The highest BCUT2D eigenvalue weighted by Gasteiger charge is 2.29. The number of likely N-dealkylation sites (tertiary alicyclic amines) is 1. The maximum absolute atomic E-state index is 11.8. The molecule has 2 aromatic rings. The quantitative estimate of drug-likeness (QED) is 0.804. The number of fused-ring (bicyclic) bond motifs is 1. The van der Waals surface area contributed by atoms with Crippen molar-refractivity contribution in [2.45, 2.75) is 19.0 Å². The van der Waals surface area contributed by atoms with Crippen LogP contribution in [-0.4, -0.2) is 33.4 Å². The van der Waals surface area contributed by atoms with Crippen LogP contribution in [0, 0.1) is 0 Å². The first kappa shape index (κ1) is 11.9. The van der Waals surface area contributed by atoms with Crippen LogP contribution >= 0.6 is 0 Å². The Hall–Kier alpha value is -2.21. The Labute approximate surface area is 110 Å². The number of hydrogen-bond donors (Lipinski definition) is 2. The molecule has 1 aliphatic heterocycles. The highest BCUT2D eigenvalue weighted by Crippen LogP contribution is 2.19. The van der Waals surface area contributed by atoms with E-state index in [1.54, 1.807) is 4.90 Å². The van der Waals surface area contributed by atoms with Gasteiger partial charge in [0.2, 0.25) is 5.91 Å². The second kappa shape index (κ2) is 4.47. The average molecular weight is 257 g/mol. The summed E-state index contributed by atoms with van der Waals surface area (Å²) in [5.41, 5.74) is 12.4. The number of para-hydroxylation sites is 1. The number of nitrogens with zero attached hydrogens (tertiary/aromatic N) is 3. The Morgan fingerprint density at radius 2 is 2.11 bits per heavy atom. The summed E-state index contributed by atoms with van der Waals surface area (Å²) in [4.78, 5) is 22.1. The van der Waals surface area contributed by atoms with Crippen molar-refractivity contribution in [2.75, 3.05) is 12.3 Å². The van der Waals surface area contributed by atoms with E-state index >= 15 is 0 Å². The molecule has 0 saturated carbocycles. The molecule has 2 heterocycles. The van der Waals surface area contributed by atoms with Crippen LogP contribution in [0.3, 0.4) is 0 Å². The second-order valence-corrected chi connectivity index (χ2v) is 4.70. The molecular formula is C13H15N5O. The number of carbonyl (C=O) groups is 1. The zero-order valence-corrected chi connectivity index (χ0v) is 10.4. The van der Waals surface area contributed by atoms with Gasteiger partial charge in [0.05, 0.1) is 18.1 Å². The van der Waals surface area contributed by atoms with Crippen molar-refractivity contribution in [1.82, 2.24) is 14.9 Å². The molecule has 1 aliphatic rings. The summed E-state index contributed by atoms with van der Waals surface area (Å²) in [7, 11) is 0. The Morgan fingerprint density at radius 3 is 2.84 bits per heavy atom. The van der Waals surface area contributed by atoms with Crippen molar-refractivity contribution >= 4 is 22.6 Å². The van der Waals surface area contributed by atoms with Crippen molar-refractivity contribution in [3.05, 3.63) is 30.1 Å². The summed E-state index contributed by atoms with van der Waals surface area (Å²) < 4.78 is 0. The number of nitrogen functional groups attached to an aromatic ring is 1. The molecule has 1 amide bonds. The average Bonchev–Trinajstić information content (AvgIpc) is 2.71. The van der Waals surface area contributed by atoms with Crippen LogP contribution in [-0.2, 0) is 11.3 Å². The fourth-order valence-corrected chi connectivity index (χ4v) is 2.31. The molecule has 0 bridgehead atoms. The lowest BCUT2D eigenvalue weighted by atomic mass is 10.2. The molecule has 0 unspecified atom stereocenters. The maximum Gasteiger partial charge on any atom is 0.239 e. The van der Waals surface area contributed by atoms with Gasteiger partial charge in [-0.25, -0.2) is 9.97 Å². The molecule has 19 heavy (non-hydrogen) atoms. The number of amides is 1. The third-order valence-electron chi connectivity index (χ3n) is 3.35. The number of rotatable bonds is 2. The van der Waals surface area contributed by atoms with E-state index in [1.165, 1.54) is 0 Å². The van der Waals surface area contributed by atoms with E-state index in [9.17, 15) is 4.79 Å².